The second-order valence-electron chi connectivity index (χ2n) is 7.35. The highest BCUT2D eigenvalue weighted by Crippen LogP contribution is 2.27. The van der Waals surface area contributed by atoms with Gasteiger partial charge in [-0.3, -0.25) is 0 Å². The lowest BCUT2D eigenvalue weighted by Gasteiger charge is -2.33. The molecule has 2 N–H and O–H groups in total. The van der Waals surface area contributed by atoms with E-state index in [0.717, 1.165) is 25.4 Å². The molecule has 0 bridgehead atoms. The molecule has 0 aromatic heterocycles. The summed E-state index contributed by atoms with van der Waals surface area (Å²) in [5.74, 6) is 0. The first kappa shape index (κ1) is 17.2. The zero-order chi connectivity index (χ0) is 15.3. The predicted octanol–water partition coefficient (Wildman–Crippen LogP) is 1.69. The smallest absolute Gasteiger partial charge is 0.0613 e. The molecule has 2 aliphatic rings. The number of likely N-dealkylation sites (tertiary alicyclic amines) is 1. The van der Waals surface area contributed by atoms with Crippen LogP contribution in [-0.2, 0) is 0 Å². The molecule has 1 saturated heterocycles. The van der Waals surface area contributed by atoms with Crippen molar-refractivity contribution in [3.05, 3.63) is 0 Å². The third-order valence-electron chi connectivity index (χ3n) is 5.46. The molecule has 0 amide bonds. The van der Waals surface area contributed by atoms with Crippen molar-refractivity contribution in [2.75, 3.05) is 40.3 Å². The molecule has 2 unspecified atom stereocenters. The van der Waals surface area contributed by atoms with E-state index in [4.69, 9.17) is 0 Å². The number of aliphatic hydroxyl groups excluding tert-OH is 1. The lowest BCUT2D eigenvalue weighted by atomic mass is 9.91. The Morgan fingerprint density at radius 1 is 1.33 bits per heavy atom. The van der Waals surface area contributed by atoms with Crippen molar-refractivity contribution >= 4 is 0 Å². The van der Waals surface area contributed by atoms with Crippen LogP contribution in [0, 0.1) is 0 Å². The average molecular weight is 297 g/mol. The summed E-state index contributed by atoms with van der Waals surface area (Å²) in [6.45, 7) is 6.05. The van der Waals surface area contributed by atoms with E-state index in [1.807, 2.05) is 0 Å². The van der Waals surface area contributed by atoms with E-state index >= 15 is 0 Å². The minimum atomic E-state index is -0.0356. The van der Waals surface area contributed by atoms with Gasteiger partial charge in [0.2, 0.25) is 0 Å². The van der Waals surface area contributed by atoms with Crippen molar-refractivity contribution in [3.8, 4) is 0 Å². The topological polar surface area (TPSA) is 38.7 Å². The van der Waals surface area contributed by atoms with Gasteiger partial charge in [0.05, 0.1) is 6.61 Å². The summed E-state index contributed by atoms with van der Waals surface area (Å²) in [4.78, 5) is 4.97. The summed E-state index contributed by atoms with van der Waals surface area (Å²) in [7, 11) is 4.49. The van der Waals surface area contributed by atoms with E-state index in [9.17, 15) is 5.11 Å². The average Bonchev–Trinajstić information content (AvgIpc) is 3.20. The summed E-state index contributed by atoms with van der Waals surface area (Å²) in [6, 6.07) is 1.41. The van der Waals surface area contributed by atoms with E-state index in [0.29, 0.717) is 6.04 Å². The molecule has 4 nitrogen and oxygen atoms in total. The zero-order valence-electron chi connectivity index (χ0n) is 14.3. The summed E-state index contributed by atoms with van der Waals surface area (Å²) in [5.41, 5.74) is -0.0356. The van der Waals surface area contributed by atoms with Gasteiger partial charge in [-0.05, 0) is 72.1 Å². The van der Waals surface area contributed by atoms with Crippen molar-refractivity contribution in [3.63, 3.8) is 0 Å². The van der Waals surface area contributed by atoms with Crippen molar-refractivity contribution in [2.45, 2.75) is 69.5 Å². The molecular formula is C17H35N3O. The Balaban J connectivity index is 1.68. The Labute approximate surface area is 130 Å². The molecular weight excluding hydrogens is 262 g/mol. The molecule has 0 spiro atoms. The molecule has 0 aromatic carbocycles. The van der Waals surface area contributed by atoms with Crippen molar-refractivity contribution in [2.24, 2.45) is 0 Å². The molecule has 1 aliphatic heterocycles. The van der Waals surface area contributed by atoms with E-state index in [1.165, 1.54) is 45.2 Å². The van der Waals surface area contributed by atoms with Crippen molar-refractivity contribution in [1.29, 1.82) is 0 Å². The summed E-state index contributed by atoms with van der Waals surface area (Å²) in [5, 5.41) is 13.5. The highest BCUT2D eigenvalue weighted by atomic mass is 16.3. The molecule has 4 heteroatoms. The summed E-state index contributed by atoms with van der Waals surface area (Å²) < 4.78 is 0. The normalized spacial score (nSPS) is 26.4. The molecule has 21 heavy (non-hydrogen) atoms. The van der Waals surface area contributed by atoms with Gasteiger partial charge in [0.25, 0.3) is 0 Å². The first-order chi connectivity index (χ1) is 10.1. The molecule has 1 saturated carbocycles. The molecule has 2 atom stereocenters. The maximum Gasteiger partial charge on any atom is 0.0613 e. The van der Waals surface area contributed by atoms with Gasteiger partial charge in [-0.1, -0.05) is 6.92 Å². The second kappa shape index (κ2) is 7.91. The minimum Gasteiger partial charge on any atom is -0.394 e. The van der Waals surface area contributed by atoms with Crippen LogP contribution in [0.4, 0.5) is 0 Å². The third kappa shape index (κ3) is 5.20. The van der Waals surface area contributed by atoms with Gasteiger partial charge in [-0.2, -0.15) is 0 Å². The molecule has 0 aromatic rings. The number of aliphatic hydroxyl groups is 1. The Kier molecular flexibility index (Phi) is 6.48. The highest BCUT2D eigenvalue weighted by Gasteiger charge is 2.34. The van der Waals surface area contributed by atoms with Crippen LogP contribution in [-0.4, -0.2) is 72.9 Å². The van der Waals surface area contributed by atoms with Gasteiger partial charge < -0.3 is 20.2 Å². The van der Waals surface area contributed by atoms with E-state index < -0.39 is 0 Å². The molecule has 124 valence electrons. The molecule has 2 fully saturated rings. The van der Waals surface area contributed by atoms with Crippen molar-refractivity contribution < 1.29 is 5.11 Å². The van der Waals surface area contributed by atoms with Crippen LogP contribution in [0.1, 0.15) is 51.9 Å². The quantitative estimate of drug-likeness (QED) is 0.643. The number of likely N-dealkylation sites (N-methyl/N-ethyl adjacent to an activating group) is 2. The van der Waals surface area contributed by atoms with Gasteiger partial charge >= 0.3 is 0 Å². The Morgan fingerprint density at radius 2 is 2.10 bits per heavy atom. The maximum absolute atomic E-state index is 9.80. The van der Waals surface area contributed by atoms with E-state index in [-0.39, 0.29) is 12.1 Å². The van der Waals surface area contributed by atoms with Crippen LogP contribution in [0.3, 0.4) is 0 Å². The van der Waals surface area contributed by atoms with Crippen LogP contribution >= 0.6 is 0 Å². The molecule has 1 heterocycles. The predicted molar refractivity (Wildman–Crippen MR) is 88.6 cm³/mol. The van der Waals surface area contributed by atoms with Gasteiger partial charge in [0.1, 0.15) is 0 Å². The number of hydrogen-bond donors (Lipinski definition) is 2. The van der Waals surface area contributed by atoms with Crippen molar-refractivity contribution in [1.82, 2.24) is 15.1 Å². The molecule has 2 rings (SSSR count). The fourth-order valence-electron chi connectivity index (χ4n) is 3.60. The van der Waals surface area contributed by atoms with E-state index in [1.54, 1.807) is 0 Å². The fourth-order valence-corrected chi connectivity index (χ4v) is 3.60. The SMILES string of the molecule is CCC(CO)(CCCN(C)CC1CCCN1C)NC1CC1. The molecule has 0 radical (unpaired) electrons. The summed E-state index contributed by atoms with van der Waals surface area (Å²) >= 11 is 0. The number of rotatable bonds is 10. The standard InChI is InChI=1S/C17H35N3O/c1-4-17(14-21,18-15-8-9-15)10-6-11-19(2)13-16-7-5-12-20(16)3/h15-16,18,21H,4-14H2,1-3H3. The van der Waals surface area contributed by atoms with Crippen LogP contribution in [0.25, 0.3) is 0 Å². The Morgan fingerprint density at radius 3 is 2.62 bits per heavy atom. The minimum absolute atomic E-state index is 0.0356. The van der Waals surface area contributed by atoms with Gasteiger partial charge in [-0.25, -0.2) is 0 Å². The first-order valence-electron chi connectivity index (χ1n) is 8.86. The van der Waals surface area contributed by atoms with Gasteiger partial charge in [-0.15, -0.1) is 0 Å². The number of nitrogens with one attached hydrogen (secondary N) is 1. The zero-order valence-corrected chi connectivity index (χ0v) is 14.3. The van der Waals surface area contributed by atoms with Crippen LogP contribution in [0.5, 0.6) is 0 Å². The maximum atomic E-state index is 9.80. The number of hydrogen-bond acceptors (Lipinski definition) is 4. The summed E-state index contributed by atoms with van der Waals surface area (Å²) in [6.07, 6.45) is 8.55. The van der Waals surface area contributed by atoms with Gasteiger partial charge in [0, 0.05) is 24.2 Å². The largest absolute Gasteiger partial charge is 0.394 e. The third-order valence-corrected chi connectivity index (χ3v) is 5.46. The van der Waals surface area contributed by atoms with Crippen LogP contribution < -0.4 is 5.32 Å². The molecule has 1 aliphatic carbocycles. The monoisotopic (exact) mass is 297 g/mol. The number of nitrogens with zero attached hydrogens (tertiary/aromatic N) is 2. The Hall–Kier alpha value is -0.160. The lowest BCUT2D eigenvalue weighted by molar-refractivity contribution is 0.135. The fraction of sp³-hybridized carbons (Fsp3) is 1.00. The van der Waals surface area contributed by atoms with Crippen LogP contribution in [0.2, 0.25) is 0 Å². The van der Waals surface area contributed by atoms with Crippen LogP contribution in [0.15, 0.2) is 0 Å². The van der Waals surface area contributed by atoms with E-state index in [2.05, 4.69) is 36.1 Å². The second-order valence-corrected chi connectivity index (χ2v) is 7.35. The Bertz CT molecular complexity index is 302. The first-order valence-corrected chi connectivity index (χ1v) is 8.86. The lowest BCUT2D eigenvalue weighted by Crippen LogP contribution is -2.49. The van der Waals surface area contributed by atoms with Gasteiger partial charge in [0.15, 0.2) is 0 Å². The highest BCUT2D eigenvalue weighted by molar-refractivity contribution is 4.94.